The van der Waals surface area contributed by atoms with Crippen molar-refractivity contribution in [1.82, 2.24) is 9.78 Å². The van der Waals surface area contributed by atoms with Gasteiger partial charge in [-0.05, 0) is 37.3 Å². The molecule has 0 bridgehead atoms. The van der Waals surface area contributed by atoms with Crippen molar-refractivity contribution < 1.29 is 23.5 Å². The number of nitrogens with zero attached hydrogens (tertiary/aromatic N) is 2. The summed E-state index contributed by atoms with van der Waals surface area (Å²) in [5.41, 5.74) is 10.7. The molecular formula is C22H32ClN5O5S3. The number of halogens is 1. The van der Waals surface area contributed by atoms with Crippen molar-refractivity contribution in [3.8, 4) is 29.3 Å². The van der Waals surface area contributed by atoms with Crippen LogP contribution in [0, 0.1) is 12.3 Å². The highest BCUT2D eigenvalue weighted by atomic mass is 35.5. The Morgan fingerprint density at radius 3 is 1.83 bits per heavy atom. The van der Waals surface area contributed by atoms with E-state index in [2.05, 4.69) is 54.2 Å². The van der Waals surface area contributed by atoms with Gasteiger partial charge >= 0.3 is 0 Å². The van der Waals surface area contributed by atoms with E-state index in [4.69, 9.17) is 26.3 Å². The van der Waals surface area contributed by atoms with Gasteiger partial charge in [-0.1, -0.05) is 76.0 Å². The maximum Gasteiger partial charge on any atom is 0.273 e. The Labute approximate surface area is 228 Å². The van der Waals surface area contributed by atoms with Crippen LogP contribution < -0.4 is 16.6 Å². The van der Waals surface area contributed by atoms with Gasteiger partial charge in [0.2, 0.25) is 10.0 Å². The highest BCUT2D eigenvalue weighted by Gasteiger charge is 2.17. The summed E-state index contributed by atoms with van der Waals surface area (Å²) in [6, 6.07) is 15.5. The quantitative estimate of drug-likeness (QED) is 0.232. The van der Waals surface area contributed by atoms with E-state index in [-0.39, 0.29) is 25.2 Å². The van der Waals surface area contributed by atoms with Crippen LogP contribution in [-0.2, 0) is 10.0 Å². The zero-order valence-electron chi connectivity index (χ0n) is 17.8. The zero-order valence-corrected chi connectivity index (χ0v) is 21.2. The molecule has 1 aromatic heterocycles. The number of thiol groups is 2. The van der Waals surface area contributed by atoms with Gasteiger partial charge in [0.15, 0.2) is 0 Å². The largest absolute Gasteiger partial charge is 0.412 e. The second-order valence-electron chi connectivity index (χ2n) is 5.61. The first kappa shape index (κ1) is 40.2. The van der Waals surface area contributed by atoms with Crippen molar-refractivity contribution in [1.29, 1.82) is 0 Å². The van der Waals surface area contributed by atoms with Crippen LogP contribution in [-0.4, -0.2) is 34.2 Å². The van der Waals surface area contributed by atoms with Crippen LogP contribution in [0.15, 0.2) is 65.7 Å². The highest BCUT2D eigenvalue weighted by Crippen LogP contribution is 2.26. The Bertz CT molecular complexity index is 1190. The Morgan fingerprint density at radius 1 is 1.00 bits per heavy atom. The Morgan fingerprint density at radius 2 is 1.42 bits per heavy atom. The molecule has 0 saturated carbocycles. The van der Waals surface area contributed by atoms with Crippen molar-refractivity contribution in [3.63, 3.8) is 0 Å². The number of rotatable bonds is 3. The van der Waals surface area contributed by atoms with Gasteiger partial charge < -0.3 is 16.9 Å². The Balaban J connectivity index is -0.000000314. The number of primary amides is 2. The first-order valence-electron chi connectivity index (χ1n) is 8.61. The first-order valence-corrected chi connectivity index (χ1v) is 11.4. The molecule has 0 fully saturated rings. The average molecular weight is 578 g/mol. The molecule has 8 N–H and O–H groups in total. The number of hydrogen-bond acceptors (Lipinski definition) is 5. The van der Waals surface area contributed by atoms with E-state index in [1.807, 2.05) is 12.1 Å². The van der Waals surface area contributed by atoms with Gasteiger partial charge in [0.05, 0.1) is 17.6 Å². The summed E-state index contributed by atoms with van der Waals surface area (Å²) in [4.78, 5) is 18.2. The minimum atomic E-state index is -3.85. The molecule has 200 valence electrons. The average Bonchev–Trinajstić information content (AvgIpc) is 3.17. The molecule has 1 heterocycles. The molecule has 14 heteroatoms. The molecule has 2 amide bonds. The zero-order chi connectivity index (χ0) is 25.6. The Kier molecular flexibility index (Phi) is 22.6. The molecule has 0 atom stereocenters. The Hall–Kier alpha value is -2.99. The lowest BCUT2D eigenvalue weighted by Crippen LogP contribution is -2.16. The number of carbonyl (C=O) groups is 2. The first-order chi connectivity index (χ1) is 15.3. The normalized spacial score (nSPS) is 8.67. The summed E-state index contributed by atoms with van der Waals surface area (Å²) in [6.45, 7) is 1.65. The van der Waals surface area contributed by atoms with E-state index in [1.54, 1.807) is 54.2 Å². The summed E-state index contributed by atoms with van der Waals surface area (Å²) in [6.07, 6.45) is 6.20. The smallest absolute Gasteiger partial charge is 0.273 e. The fraction of sp³-hybridized carbons (Fsp3) is 0.136. The number of primary sulfonamides is 1. The second kappa shape index (κ2) is 20.2. The van der Waals surface area contributed by atoms with E-state index in [0.717, 1.165) is 11.3 Å². The predicted octanol–water partition coefficient (Wildman–Crippen LogP) is 3.92. The van der Waals surface area contributed by atoms with Gasteiger partial charge in [0, 0.05) is 10.6 Å². The lowest BCUT2D eigenvalue weighted by molar-refractivity contribution is 0.266. The van der Waals surface area contributed by atoms with E-state index in [1.165, 1.54) is 6.07 Å². The second-order valence-corrected chi connectivity index (χ2v) is 8.46. The van der Waals surface area contributed by atoms with E-state index >= 15 is 0 Å². The van der Waals surface area contributed by atoms with E-state index in [0.29, 0.717) is 10.7 Å². The maximum absolute atomic E-state index is 11.8. The minimum absolute atomic E-state index is 0. The van der Waals surface area contributed by atoms with Crippen molar-refractivity contribution in [2.45, 2.75) is 26.7 Å². The third-order valence-corrected chi connectivity index (χ3v) is 4.39. The van der Waals surface area contributed by atoms with Crippen molar-refractivity contribution >= 4 is 57.4 Å². The van der Waals surface area contributed by atoms with Crippen LogP contribution in [0.4, 0.5) is 9.59 Å². The molecule has 0 aliphatic heterocycles. The van der Waals surface area contributed by atoms with Gasteiger partial charge in [-0.15, -0.1) is 12.3 Å². The summed E-state index contributed by atoms with van der Waals surface area (Å²) in [5, 5.41) is 8.86. The molecular weight excluding hydrogens is 546 g/mol. The van der Waals surface area contributed by atoms with Gasteiger partial charge in [0.1, 0.15) is 4.90 Å². The van der Waals surface area contributed by atoms with Gasteiger partial charge in [0.25, 0.3) is 10.5 Å². The predicted molar refractivity (Wildman–Crippen MR) is 154 cm³/mol. The van der Waals surface area contributed by atoms with Crippen molar-refractivity contribution in [3.05, 3.63) is 65.8 Å². The molecule has 36 heavy (non-hydrogen) atoms. The molecule has 0 aliphatic rings. The lowest BCUT2D eigenvalue weighted by atomic mass is 10.1. The van der Waals surface area contributed by atoms with Crippen LogP contribution in [0.5, 0.6) is 0 Å². The summed E-state index contributed by atoms with van der Waals surface area (Å²) in [7, 11) is -3.85. The molecule has 3 aromatic rings. The van der Waals surface area contributed by atoms with Crippen LogP contribution in [0.3, 0.4) is 0 Å². The monoisotopic (exact) mass is 577 g/mol. The number of benzene rings is 2. The number of sulfonamides is 1. The molecule has 0 saturated heterocycles. The third kappa shape index (κ3) is 15.8. The molecule has 0 aliphatic carbocycles. The molecule has 0 radical (unpaired) electrons. The number of aromatic nitrogens is 2. The number of nitrogens with two attached hydrogens (primary N) is 3. The summed E-state index contributed by atoms with van der Waals surface area (Å²) < 4.78 is 25.1. The van der Waals surface area contributed by atoms with E-state index < -0.39 is 20.5 Å². The number of carbonyl (C=O) groups excluding carboxylic acids is 2. The van der Waals surface area contributed by atoms with E-state index in [9.17, 15) is 8.42 Å². The van der Waals surface area contributed by atoms with Crippen LogP contribution >= 0.6 is 36.9 Å². The fourth-order valence-electron chi connectivity index (χ4n) is 2.21. The minimum Gasteiger partial charge on any atom is -0.412 e. The molecule has 10 nitrogen and oxygen atoms in total. The summed E-state index contributed by atoms with van der Waals surface area (Å²) >= 11 is 12.1. The maximum atomic E-state index is 11.8. The number of amides is 2. The molecule has 2 aromatic carbocycles. The van der Waals surface area contributed by atoms with Crippen molar-refractivity contribution in [2.75, 3.05) is 0 Å². The van der Waals surface area contributed by atoms with Crippen LogP contribution in [0.1, 0.15) is 21.8 Å². The number of terminal acetylenes is 1. The van der Waals surface area contributed by atoms with Crippen molar-refractivity contribution in [2.24, 2.45) is 16.6 Å². The third-order valence-electron chi connectivity index (χ3n) is 3.18. The molecule has 3 rings (SSSR count). The number of hydrogen-bond donors (Lipinski definition) is 5. The molecule has 0 spiro atoms. The SMILES string of the molecule is C.C.C#CC.NC(=O)S.NC(=O)S.NS(=O)(=O)c1ccccc1-n1nccc1-c1ccc(Cl)cc1.O. The fourth-order valence-corrected chi connectivity index (χ4v) is 3.05. The van der Waals surface area contributed by atoms with Gasteiger partial charge in [-0.25, -0.2) is 18.2 Å². The lowest BCUT2D eigenvalue weighted by Gasteiger charge is -2.11. The number of para-hydroxylation sites is 1. The standard InChI is InChI=1S/C15H12ClN3O2S.C3H4.2CH3NOS.2CH4.H2O/c16-12-7-5-11(6-8-12)13-9-10-18-19(13)14-3-1-2-4-15(14)22(17,20)21;1-3-2;2*2-1(3)4;;;/h1-10H,(H2,17,20,21);1H,2H3;2*(H3,2,3,4);2*1H4;1H2. The van der Waals surface area contributed by atoms with Crippen LogP contribution in [0.25, 0.3) is 16.9 Å². The van der Waals surface area contributed by atoms with Crippen LogP contribution in [0.2, 0.25) is 5.02 Å². The van der Waals surface area contributed by atoms with Gasteiger partial charge in [-0.3, -0.25) is 9.59 Å². The van der Waals surface area contributed by atoms with Gasteiger partial charge in [-0.2, -0.15) is 5.10 Å². The topological polar surface area (TPSA) is 196 Å². The highest BCUT2D eigenvalue weighted by molar-refractivity contribution is 7.96. The molecule has 0 unspecified atom stereocenters. The summed E-state index contributed by atoms with van der Waals surface area (Å²) in [5.74, 6) is 2.25.